The van der Waals surface area contributed by atoms with Crippen LogP contribution >= 0.6 is 11.8 Å². The lowest BCUT2D eigenvalue weighted by atomic mass is 10.0. The zero-order valence-corrected chi connectivity index (χ0v) is 17.6. The minimum absolute atomic E-state index is 0.0108. The lowest BCUT2D eigenvalue weighted by molar-refractivity contribution is -0.131. The van der Waals surface area contributed by atoms with Crippen molar-refractivity contribution < 1.29 is 4.79 Å². The fourth-order valence-electron chi connectivity index (χ4n) is 4.96. The quantitative estimate of drug-likeness (QED) is 0.838. The number of aromatic nitrogens is 2. The Hall–Kier alpha value is -1.83. The van der Waals surface area contributed by atoms with Crippen molar-refractivity contribution in [1.82, 2.24) is 24.7 Å². The highest BCUT2D eigenvalue weighted by Crippen LogP contribution is 2.30. The van der Waals surface area contributed by atoms with E-state index < -0.39 is 0 Å². The van der Waals surface area contributed by atoms with Gasteiger partial charge in [-0.15, -0.1) is 11.8 Å². The third-order valence-electron chi connectivity index (χ3n) is 6.59. The molecule has 2 aromatic heterocycles. The molecule has 3 fully saturated rings. The molecule has 2 aromatic rings. The summed E-state index contributed by atoms with van der Waals surface area (Å²) in [4.78, 5) is 21.8. The summed E-state index contributed by atoms with van der Waals surface area (Å²) in [6.45, 7) is 4.03. The Balaban J connectivity index is 1.18. The van der Waals surface area contributed by atoms with Crippen LogP contribution in [-0.2, 0) is 4.79 Å². The fourth-order valence-corrected chi connectivity index (χ4v) is 5.92. The van der Waals surface area contributed by atoms with Crippen LogP contribution in [0.2, 0.25) is 0 Å². The largest absolute Gasteiger partial charge is 0.343 e. The van der Waals surface area contributed by atoms with Gasteiger partial charge in [-0.3, -0.25) is 14.7 Å². The maximum absolute atomic E-state index is 12.7. The number of pyridine rings is 1. The monoisotopic (exact) mass is 411 g/mol. The zero-order valence-electron chi connectivity index (χ0n) is 16.7. The first-order valence-electron chi connectivity index (χ1n) is 10.7. The van der Waals surface area contributed by atoms with E-state index in [1.807, 2.05) is 35.0 Å². The number of thioether (sulfide) groups is 1. The van der Waals surface area contributed by atoms with E-state index in [9.17, 15) is 4.79 Å². The van der Waals surface area contributed by atoms with Crippen LogP contribution < -0.4 is 5.32 Å². The number of piperidine rings is 1. The van der Waals surface area contributed by atoms with E-state index in [0.717, 1.165) is 62.8 Å². The highest BCUT2D eigenvalue weighted by molar-refractivity contribution is 7.99. The van der Waals surface area contributed by atoms with Gasteiger partial charge in [-0.05, 0) is 43.5 Å². The first kappa shape index (κ1) is 19.2. The van der Waals surface area contributed by atoms with Crippen LogP contribution in [0.4, 0.5) is 0 Å². The molecule has 154 valence electrons. The van der Waals surface area contributed by atoms with E-state index in [1.54, 1.807) is 0 Å². The Morgan fingerprint density at radius 1 is 1.10 bits per heavy atom. The van der Waals surface area contributed by atoms with E-state index in [2.05, 4.69) is 44.2 Å². The van der Waals surface area contributed by atoms with Gasteiger partial charge < -0.3 is 14.8 Å². The molecule has 0 aromatic carbocycles. The number of hydrogen-bond donors (Lipinski definition) is 1. The molecule has 0 saturated carbocycles. The lowest BCUT2D eigenvalue weighted by Gasteiger charge is -2.37. The van der Waals surface area contributed by atoms with Crippen LogP contribution in [0.15, 0.2) is 42.7 Å². The van der Waals surface area contributed by atoms with Crippen molar-refractivity contribution in [3.05, 3.63) is 42.7 Å². The van der Waals surface area contributed by atoms with Crippen LogP contribution in [0, 0.1) is 0 Å². The molecule has 1 N–H and O–H groups in total. The van der Waals surface area contributed by atoms with Gasteiger partial charge in [-0.1, -0.05) is 6.07 Å². The first-order valence-corrected chi connectivity index (χ1v) is 11.9. The molecule has 3 aliphatic heterocycles. The number of carbonyl (C=O) groups excluding carboxylic acids is 1. The molecule has 3 saturated heterocycles. The molecule has 1 amide bonds. The Bertz CT molecular complexity index is 827. The standard InChI is InChI=1S/C22H29N5OS/c28-22(26-12-13-29-16-26)20-14-18(15-24-20)25-10-6-17(7-11-25)27-9-3-5-21(27)19-4-1-2-8-23-19/h1-5,8-9,17-18,20,24H,6-7,10-16H2/t18-,20-/m0/s1. The third kappa shape index (κ3) is 3.96. The number of likely N-dealkylation sites (tertiary alicyclic amines) is 1. The van der Waals surface area contributed by atoms with Crippen LogP contribution in [-0.4, -0.2) is 75.2 Å². The molecule has 3 aliphatic rings. The van der Waals surface area contributed by atoms with Gasteiger partial charge in [0.05, 0.1) is 23.3 Å². The van der Waals surface area contributed by atoms with Crippen molar-refractivity contribution in [1.29, 1.82) is 0 Å². The number of amides is 1. The topological polar surface area (TPSA) is 53.4 Å². The molecule has 0 spiro atoms. The number of hydrogen-bond acceptors (Lipinski definition) is 5. The van der Waals surface area contributed by atoms with Crippen LogP contribution in [0.1, 0.15) is 25.3 Å². The summed E-state index contributed by atoms with van der Waals surface area (Å²) >= 11 is 1.86. The smallest absolute Gasteiger partial charge is 0.240 e. The summed E-state index contributed by atoms with van der Waals surface area (Å²) in [5, 5.41) is 3.49. The molecule has 0 unspecified atom stereocenters. The third-order valence-corrected chi connectivity index (χ3v) is 7.55. The molecule has 5 heterocycles. The molecule has 6 nitrogen and oxygen atoms in total. The fraction of sp³-hybridized carbons (Fsp3) is 0.545. The minimum atomic E-state index is 0.0108. The lowest BCUT2D eigenvalue weighted by Crippen LogP contribution is -2.43. The molecule has 0 radical (unpaired) electrons. The SMILES string of the molecule is O=C([C@@H]1C[C@H](N2CCC(n3cccc3-c3ccccn3)CC2)CN1)N1CCSC1. The van der Waals surface area contributed by atoms with Crippen LogP contribution in [0.3, 0.4) is 0 Å². The normalized spacial score (nSPS) is 26.3. The second-order valence-corrected chi connectivity index (χ2v) is 9.35. The maximum Gasteiger partial charge on any atom is 0.240 e. The predicted octanol–water partition coefficient (Wildman–Crippen LogP) is 2.45. The van der Waals surface area contributed by atoms with Crippen molar-refractivity contribution in [2.45, 2.75) is 37.4 Å². The van der Waals surface area contributed by atoms with Gasteiger partial charge in [0.25, 0.3) is 0 Å². The molecule has 0 bridgehead atoms. The average Bonchev–Trinajstić information content (AvgIpc) is 3.56. The maximum atomic E-state index is 12.7. The summed E-state index contributed by atoms with van der Waals surface area (Å²) < 4.78 is 2.41. The number of rotatable bonds is 4. The highest BCUT2D eigenvalue weighted by atomic mass is 32.2. The summed E-state index contributed by atoms with van der Waals surface area (Å²) in [6, 6.07) is 11.4. The van der Waals surface area contributed by atoms with Crippen molar-refractivity contribution in [2.75, 3.05) is 37.8 Å². The predicted molar refractivity (Wildman–Crippen MR) is 117 cm³/mol. The van der Waals surface area contributed by atoms with Gasteiger partial charge in [0.15, 0.2) is 0 Å². The summed E-state index contributed by atoms with van der Waals surface area (Å²) in [7, 11) is 0. The van der Waals surface area contributed by atoms with Gasteiger partial charge in [0.1, 0.15) is 0 Å². The van der Waals surface area contributed by atoms with E-state index in [-0.39, 0.29) is 6.04 Å². The first-order chi connectivity index (χ1) is 14.3. The van der Waals surface area contributed by atoms with Gasteiger partial charge >= 0.3 is 0 Å². The molecule has 0 aliphatic carbocycles. The Labute approximate surface area is 176 Å². The summed E-state index contributed by atoms with van der Waals surface area (Å²) in [5.74, 6) is 2.25. The van der Waals surface area contributed by atoms with Gasteiger partial charge in [-0.25, -0.2) is 0 Å². The van der Waals surface area contributed by atoms with Gasteiger partial charge in [0, 0.05) is 56.4 Å². The van der Waals surface area contributed by atoms with Crippen molar-refractivity contribution in [3.63, 3.8) is 0 Å². The van der Waals surface area contributed by atoms with Crippen LogP contribution in [0.5, 0.6) is 0 Å². The summed E-state index contributed by atoms with van der Waals surface area (Å²) in [6.07, 6.45) is 7.30. The van der Waals surface area contributed by atoms with Crippen LogP contribution in [0.25, 0.3) is 11.4 Å². The average molecular weight is 412 g/mol. The molecule has 7 heteroatoms. The number of nitrogens with zero attached hydrogens (tertiary/aromatic N) is 4. The van der Waals surface area contributed by atoms with Crippen molar-refractivity contribution >= 4 is 17.7 Å². The van der Waals surface area contributed by atoms with E-state index in [0.29, 0.717) is 18.0 Å². The number of carbonyl (C=O) groups is 1. The van der Waals surface area contributed by atoms with Crippen molar-refractivity contribution in [2.24, 2.45) is 0 Å². The molecule has 29 heavy (non-hydrogen) atoms. The second kappa shape index (κ2) is 8.50. The van der Waals surface area contributed by atoms with Gasteiger partial charge in [0.2, 0.25) is 5.91 Å². The number of nitrogens with one attached hydrogen (secondary N) is 1. The van der Waals surface area contributed by atoms with E-state index in [1.165, 1.54) is 5.69 Å². The molecular weight excluding hydrogens is 382 g/mol. The van der Waals surface area contributed by atoms with E-state index >= 15 is 0 Å². The Morgan fingerprint density at radius 3 is 2.76 bits per heavy atom. The van der Waals surface area contributed by atoms with Crippen molar-refractivity contribution in [3.8, 4) is 11.4 Å². The van der Waals surface area contributed by atoms with E-state index in [4.69, 9.17) is 0 Å². The molecular formula is C22H29N5OS. The Morgan fingerprint density at radius 2 is 2.00 bits per heavy atom. The molecule has 5 rings (SSSR count). The van der Waals surface area contributed by atoms with Gasteiger partial charge in [-0.2, -0.15) is 0 Å². The summed E-state index contributed by atoms with van der Waals surface area (Å²) in [5.41, 5.74) is 2.25. The second-order valence-electron chi connectivity index (χ2n) is 8.27. The molecule has 2 atom stereocenters. The zero-order chi connectivity index (χ0) is 19.6. The minimum Gasteiger partial charge on any atom is -0.343 e. The Kier molecular flexibility index (Phi) is 5.61. The highest BCUT2D eigenvalue weighted by Gasteiger charge is 2.37.